The number of nitrogens with two attached hydrogens (primary N) is 1. The van der Waals surface area contributed by atoms with Crippen LogP contribution in [0.1, 0.15) is 384 Å². The van der Waals surface area contributed by atoms with Gasteiger partial charge in [0.05, 0.1) is 17.9 Å². The summed E-state index contributed by atoms with van der Waals surface area (Å²) in [4.78, 5) is 98.0. The molecule has 3 saturated carbocycles. The van der Waals surface area contributed by atoms with Gasteiger partial charge in [0.15, 0.2) is 0 Å². The van der Waals surface area contributed by atoms with E-state index in [1.165, 1.54) is 85.3 Å². The molecule has 3 fully saturated rings. The van der Waals surface area contributed by atoms with Crippen LogP contribution in [0.25, 0.3) is 0 Å². The summed E-state index contributed by atoms with van der Waals surface area (Å²) in [5.41, 5.74) is 15.5. The predicted octanol–water partition coefficient (Wildman–Crippen LogP) is 30.1. The van der Waals surface area contributed by atoms with Crippen LogP contribution in [0.15, 0.2) is 97.6 Å². The van der Waals surface area contributed by atoms with E-state index in [-0.39, 0.29) is 103 Å². The van der Waals surface area contributed by atoms with Gasteiger partial charge in [0, 0.05) is 164 Å². The Kier molecular flexibility index (Phi) is 66.9. The highest BCUT2D eigenvalue weighted by atomic mass is 19.4. The molecule has 0 bridgehead atoms. The topological polar surface area (TPSA) is 204 Å². The Labute approximate surface area is 792 Å². The molecule has 3 atom stereocenters. The molecule has 0 spiro atoms. The fourth-order valence-electron chi connectivity index (χ4n) is 11.0. The third-order valence-corrected chi connectivity index (χ3v) is 22.2. The fraction of sp³-hybridized carbons (Fsp3) is 0.694. The van der Waals surface area contributed by atoms with Gasteiger partial charge in [-0.05, 0) is 171 Å². The molecule has 4 aromatic heterocycles. The van der Waals surface area contributed by atoms with Crippen LogP contribution in [0.2, 0.25) is 0 Å². The van der Waals surface area contributed by atoms with Crippen molar-refractivity contribution in [2.75, 3.05) is 38.0 Å². The molecule has 0 aliphatic heterocycles. The quantitative estimate of drug-likeness (QED) is 0.0388. The van der Waals surface area contributed by atoms with Gasteiger partial charge in [-0.2, -0.15) is 26.3 Å². The van der Waals surface area contributed by atoms with E-state index in [9.17, 15) is 77.5 Å². The van der Waals surface area contributed by atoms with E-state index in [1.54, 1.807) is 55.4 Å². The Morgan fingerprint density at radius 3 is 1.09 bits per heavy atom. The number of aromatic nitrogens is 4. The maximum atomic E-state index is 12.5. The van der Waals surface area contributed by atoms with E-state index in [0.29, 0.717) is 46.9 Å². The average molecular weight is 1880 g/mol. The molecule has 0 saturated heterocycles. The molecule has 2 unspecified atom stereocenters. The standard InChI is InChI=1S/2C10H16N2.C10H14.C9H15F3O.C9H17F2NO.2C9H13N.2C9H16O.C8H13F3O.C8H14F2O.C8H14O/c1-8(2)9-5-6-11-10(7-9)12(3)4;1-8(2)9-5-6-10(11-7-9)12(3)4;1-8(2)10-6-4-5-9(3)7-10;1-4-7(9(10,11)12)5-8(13)6(2)3;1-6(2)7(13)4-5-8(12)9(3,10)11;1-7(2)9-4-5-10-8(3)6-9;1-7(2)9-5-4-8(3)10-6-9;1-7(2)9(10)6-5-8-3-4-8;1-7(2)9(10)6-8-4-3-5-8;1-5(2)7(12)4-6(3)8(9,10)11;1-6(2)7(11)4-5-8(3,9)10;1-6(2)8(9)5-7-3-4-7/h2*5-8H,1-4H3;4-8H,1-3H3;6-7H,4-5H2,1-3H3;6,8H,4-5,12H2,1-3H3;2*4-7H,1-3H3;2*7-8H,3-6H2,1-2H3;5-6H,4H2,1-3H3;6H,4-5H2,1-3H3;6-7H,3-5H2,1-2H3/t;;;;;;;;;6-;;/m.........0../s1. The number of aryl methyl sites for hydroxylation is 3. The summed E-state index contributed by atoms with van der Waals surface area (Å²) in [6.07, 6.45) is 11.1. The molecule has 3 aliphatic rings. The highest BCUT2D eigenvalue weighted by molar-refractivity contribution is 5.83. The van der Waals surface area contributed by atoms with Crippen LogP contribution < -0.4 is 15.5 Å². The number of pyridine rings is 4. The smallest absolute Gasteiger partial charge is 0.363 e. The number of alkyl halides is 10. The summed E-state index contributed by atoms with van der Waals surface area (Å²) < 4.78 is 122. The van der Waals surface area contributed by atoms with Crippen molar-refractivity contribution in [3.05, 3.63) is 142 Å². The minimum atomic E-state index is -4.25. The van der Waals surface area contributed by atoms with Crippen molar-refractivity contribution in [2.45, 2.75) is 390 Å². The first-order valence-electron chi connectivity index (χ1n) is 48.0. The molecule has 2 N–H and O–H groups in total. The first-order valence-corrected chi connectivity index (χ1v) is 48.0. The van der Waals surface area contributed by atoms with E-state index in [0.717, 1.165) is 87.2 Å². The number of rotatable bonds is 33. The summed E-state index contributed by atoms with van der Waals surface area (Å²) in [6.45, 7) is 57.4. The van der Waals surface area contributed by atoms with E-state index >= 15 is 0 Å². The van der Waals surface area contributed by atoms with Gasteiger partial charge in [-0.15, -0.1) is 0 Å². The minimum absolute atomic E-state index is 0.0127. The Bertz CT molecular complexity index is 3840. The largest absolute Gasteiger partial charge is 0.392 e. The maximum absolute atomic E-state index is 12.5. The second kappa shape index (κ2) is 67.6. The van der Waals surface area contributed by atoms with Crippen molar-refractivity contribution < 1.29 is 77.5 Å². The number of ketones is 7. The second-order valence-corrected chi connectivity index (χ2v) is 40.0. The number of nitrogens with zero attached hydrogens (tertiary/aromatic N) is 6. The summed E-state index contributed by atoms with van der Waals surface area (Å²) in [5.74, 6) is -0.652. The van der Waals surface area contributed by atoms with E-state index < -0.39 is 48.5 Å². The van der Waals surface area contributed by atoms with Gasteiger partial charge in [-0.1, -0.05) is 254 Å². The molecular formula is C108H177F10N7O7. The van der Waals surface area contributed by atoms with Crippen molar-refractivity contribution in [1.29, 1.82) is 0 Å². The van der Waals surface area contributed by atoms with Crippen molar-refractivity contribution >= 4 is 52.1 Å². The monoisotopic (exact) mass is 1870 g/mol. The molecule has 1 aromatic carbocycles. The van der Waals surface area contributed by atoms with Crippen molar-refractivity contribution in [1.82, 2.24) is 19.9 Å². The fourth-order valence-corrected chi connectivity index (χ4v) is 11.0. The van der Waals surface area contributed by atoms with Crippen molar-refractivity contribution in [3.8, 4) is 0 Å². The van der Waals surface area contributed by atoms with E-state index in [2.05, 4.69) is 169 Å². The number of halogens is 10. The Morgan fingerprint density at radius 1 is 0.394 bits per heavy atom. The number of hydrogen-bond donors (Lipinski definition) is 1. The van der Waals surface area contributed by atoms with Gasteiger partial charge < -0.3 is 15.5 Å². The third-order valence-electron chi connectivity index (χ3n) is 22.2. The average Bonchev–Trinajstić information content (AvgIpc) is 1.81. The van der Waals surface area contributed by atoms with Crippen LogP contribution in [-0.4, -0.2) is 119 Å². The SMILES string of the molecule is CC(C)C(=O)CC1CC1.CC(C)C(=O)CC1CCC1.CC(C)C(=O)CCC(C)(F)F.CC(C)C(=O)CCC(N)C(C)(F)F.CC(C)C(=O)CCC1CC1.CC(C)C(=O)C[C@H](C)C(F)(F)F.CC(C)c1ccc(N(C)C)nc1.CC(C)c1ccnc(N(C)C)c1.CCC(CC(=O)C(C)C)C(F)(F)F.Cc1cc(C(C)C)ccn1.Cc1ccc(C(C)C)cn1.Cc1cccc(C(C)C)c1. The van der Waals surface area contributed by atoms with Gasteiger partial charge in [-0.25, -0.2) is 27.5 Å². The Balaban J connectivity index is -0.000000678. The molecule has 8 rings (SSSR count). The van der Waals surface area contributed by atoms with E-state index in [4.69, 9.17) is 5.73 Å². The van der Waals surface area contributed by atoms with Crippen LogP contribution in [-0.2, 0) is 33.6 Å². The molecule has 14 nitrogen and oxygen atoms in total. The molecule has 756 valence electrons. The molecule has 5 aromatic rings. The third kappa shape index (κ3) is 68.4. The number of Topliss-reactive ketones (excluding diaryl/α,β-unsaturated/α-hetero) is 7. The zero-order chi connectivity index (χ0) is 103. The van der Waals surface area contributed by atoms with Crippen LogP contribution in [0, 0.1) is 91.8 Å². The highest BCUT2D eigenvalue weighted by Crippen LogP contribution is 2.36. The van der Waals surface area contributed by atoms with Crippen LogP contribution in [0.3, 0.4) is 0 Å². The van der Waals surface area contributed by atoms with Gasteiger partial charge >= 0.3 is 12.4 Å². The highest BCUT2D eigenvalue weighted by Gasteiger charge is 2.40. The van der Waals surface area contributed by atoms with Gasteiger partial charge in [-0.3, -0.25) is 43.5 Å². The predicted molar refractivity (Wildman–Crippen MR) is 529 cm³/mol. The van der Waals surface area contributed by atoms with Gasteiger partial charge in [0.2, 0.25) is 5.92 Å². The molecule has 4 heterocycles. The van der Waals surface area contributed by atoms with Crippen molar-refractivity contribution in [2.24, 2.45) is 76.7 Å². The molecule has 3 aliphatic carbocycles. The van der Waals surface area contributed by atoms with Crippen LogP contribution in [0.5, 0.6) is 0 Å². The number of carbonyl (C=O) groups is 7. The Morgan fingerprint density at radius 2 is 0.780 bits per heavy atom. The zero-order valence-electron chi connectivity index (χ0n) is 87.8. The second-order valence-electron chi connectivity index (χ2n) is 40.0. The lowest BCUT2D eigenvalue weighted by molar-refractivity contribution is -0.179. The summed E-state index contributed by atoms with van der Waals surface area (Å²) in [7, 11) is 8.01. The number of hydrogen-bond acceptors (Lipinski definition) is 14. The lowest BCUT2D eigenvalue weighted by Crippen LogP contribution is -2.38. The molecule has 0 radical (unpaired) electrons. The lowest BCUT2D eigenvalue weighted by atomic mass is 9.80. The minimum Gasteiger partial charge on any atom is -0.363 e. The molecule has 0 amide bonds. The van der Waals surface area contributed by atoms with Gasteiger partial charge in [0.25, 0.3) is 5.92 Å². The molecular weight excluding hydrogens is 1700 g/mol. The molecule has 24 heteroatoms. The van der Waals surface area contributed by atoms with Crippen LogP contribution in [0.4, 0.5) is 55.5 Å². The lowest BCUT2D eigenvalue weighted by Gasteiger charge is -2.24. The van der Waals surface area contributed by atoms with E-state index in [1.807, 2.05) is 118 Å². The van der Waals surface area contributed by atoms with Crippen molar-refractivity contribution in [3.63, 3.8) is 0 Å². The summed E-state index contributed by atoms with van der Waals surface area (Å²) in [6, 6.07) is 24.2. The molecule has 132 heavy (non-hydrogen) atoms. The first kappa shape index (κ1) is 131. The number of benzene rings is 1. The van der Waals surface area contributed by atoms with Gasteiger partial charge in [0.1, 0.15) is 52.1 Å². The summed E-state index contributed by atoms with van der Waals surface area (Å²) in [5, 5.41) is 0. The zero-order valence-corrected chi connectivity index (χ0v) is 87.8. The number of anilines is 2. The normalized spacial score (nSPS) is 13.6. The number of carbonyl (C=O) groups excluding carboxylic acids is 7. The van der Waals surface area contributed by atoms with Crippen LogP contribution >= 0.6 is 0 Å². The summed E-state index contributed by atoms with van der Waals surface area (Å²) >= 11 is 0. The Hall–Kier alpha value is -7.63. The maximum Gasteiger partial charge on any atom is 0.392 e. The first-order chi connectivity index (χ1) is 60.5.